The Labute approximate surface area is 120 Å². The third kappa shape index (κ3) is 2.69. The van der Waals surface area contributed by atoms with Crippen molar-refractivity contribution in [2.45, 2.75) is 39.2 Å². The van der Waals surface area contributed by atoms with E-state index in [2.05, 4.69) is 37.0 Å². The monoisotopic (exact) mass is 267 g/mol. The molecule has 20 heavy (non-hydrogen) atoms. The number of nitrogens with zero attached hydrogens (tertiary/aromatic N) is 1. The summed E-state index contributed by atoms with van der Waals surface area (Å²) in [5.41, 5.74) is 3.91. The van der Waals surface area contributed by atoms with E-state index in [0.29, 0.717) is 12.5 Å². The van der Waals surface area contributed by atoms with Crippen molar-refractivity contribution in [3.8, 4) is 5.75 Å². The van der Waals surface area contributed by atoms with Crippen molar-refractivity contribution in [2.75, 3.05) is 0 Å². The fraction of sp³-hybridized carbons (Fsp3) is 0.389. The van der Waals surface area contributed by atoms with Gasteiger partial charge >= 0.3 is 0 Å². The van der Waals surface area contributed by atoms with E-state index in [1.807, 2.05) is 18.2 Å². The lowest BCUT2D eigenvalue weighted by atomic mass is 9.77. The molecule has 104 valence electrons. The average Bonchev–Trinajstić information content (AvgIpc) is 2.50. The molecule has 2 atom stereocenters. The summed E-state index contributed by atoms with van der Waals surface area (Å²) in [6, 6.07) is 12.4. The lowest BCUT2D eigenvalue weighted by Crippen LogP contribution is -2.15. The molecule has 2 unspecified atom stereocenters. The predicted octanol–water partition coefficient (Wildman–Crippen LogP) is 4.35. The number of pyridine rings is 1. The normalized spacial score (nSPS) is 21.3. The van der Waals surface area contributed by atoms with Gasteiger partial charge in [0.05, 0.1) is 5.69 Å². The smallest absolute Gasteiger partial charge is 0.130 e. The van der Waals surface area contributed by atoms with Crippen LogP contribution in [0.2, 0.25) is 0 Å². The van der Waals surface area contributed by atoms with Crippen molar-refractivity contribution in [2.24, 2.45) is 5.92 Å². The zero-order chi connectivity index (χ0) is 13.9. The van der Waals surface area contributed by atoms with Crippen LogP contribution in [0.25, 0.3) is 0 Å². The first-order valence-corrected chi connectivity index (χ1v) is 7.39. The van der Waals surface area contributed by atoms with Crippen LogP contribution in [0, 0.1) is 5.92 Å². The summed E-state index contributed by atoms with van der Waals surface area (Å²) in [6.45, 7) is 5.21. The van der Waals surface area contributed by atoms with Gasteiger partial charge in [0.2, 0.25) is 0 Å². The van der Waals surface area contributed by atoms with E-state index in [1.165, 1.54) is 24.0 Å². The molecular weight excluding hydrogens is 246 g/mol. The molecule has 1 aromatic heterocycles. The van der Waals surface area contributed by atoms with Gasteiger partial charge in [0.1, 0.15) is 12.4 Å². The summed E-state index contributed by atoms with van der Waals surface area (Å²) < 4.78 is 5.86. The highest BCUT2D eigenvalue weighted by Gasteiger charge is 2.22. The van der Waals surface area contributed by atoms with E-state index in [9.17, 15) is 0 Å². The van der Waals surface area contributed by atoms with E-state index < -0.39 is 0 Å². The summed E-state index contributed by atoms with van der Waals surface area (Å²) in [5, 5.41) is 0. The van der Waals surface area contributed by atoms with E-state index in [1.54, 1.807) is 6.20 Å². The van der Waals surface area contributed by atoms with Gasteiger partial charge in [0.15, 0.2) is 0 Å². The Morgan fingerprint density at radius 1 is 1.20 bits per heavy atom. The van der Waals surface area contributed by atoms with Crippen molar-refractivity contribution in [1.82, 2.24) is 4.98 Å². The van der Waals surface area contributed by atoms with Crippen LogP contribution in [0.1, 0.15) is 43.0 Å². The Balaban J connectivity index is 1.73. The Kier molecular flexibility index (Phi) is 3.72. The number of ether oxygens (including phenoxy) is 1. The summed E-state index contributed by atoms with van der Waals surface area (Å²) in [6.07, 6.45) is 4.24. The minimum absolute atomic E-state index is 0.533. The lowest BCUT2D eigenvalue weighted by Gasteiger charge is -2.28. The first-order valence-electron chi connectivity index (χ1n) is 7.39. The Hall–Kier alpha value is -1.83. The van der Waals surface area contributed by atoms with Crippen molar-refractivity contribution in [3.05, 3.63) is 59.4 Å². The molecule has 0 spiro atoms. The van der Waals surface area contributed by atoms with Crippen LogP contribution in [0.4, 0.5) is 0 Å². The fourth-order valence-electron chi connectivity index (χ4n) is 2.91. The molecular formula is C18H21NO. The Morgan fingerprint density at radius 2 is 2.10 bits per heavy atom. The standard InChI is InChI=1S/C18H21NO/c1-13-6-7-15-11-17(8-9-18(15)14(13)2)20-12-16-5-3-4-10-19-16/h3-5,8-11,13-14H,6-7,12H2,1-2H3. The second-order valence-corrected chi connectivity index (χ2v) is 5.78. The summed E-state index contributed by atoms with van der Waals surface area (Å²) in [7, 11) is 0. The number of fused-ring (bicyclic) bond motifs is 1. The molecule has 0 amide bonds. The number of rotatable bonds is 3. The van der Waals surface area contributed by atoms with E-state index in [-0.39, 0.29) is 0 Å². The first-order chi connectivity index (χ1) is 9.74. The van der Waals surface area contributed by atoms with Crippen LogP contribution in [0.3, 0.4) is 0 Å². The van der Waals surface area contributed by atoms with Gasteiger partial charge in [-0.1, -0.05) is 26.0 Å². The molecule has 2 nitrogen and oxygen atoms in total. The van der Waals surface area contributed by atoms with Crippen LogP contribution in [-0.2, 0) is 13.0 Å². The topological polar surface area (TPSA) is 22.1 Å². The predicted molar refractivity (Wildman–Crippen MR) is 80.9 cm³/mol. The minimum atomic E-state index is 0.533. The second kappa shape index (κ2) is 5.66. The van der Waals surface area contributed by atoms with E-state index >= 15 is 0 Å². The molecule has 0 saturated carbocycles. The van der Waals surface area contributed by atoms with Gasteiger partial charge in [0.25, 0.3) is 0 Å². The quantitative estimate of drug-likeness (QED) is 0.825. The lowest BCUT2D eigenvalue weighted by molar-refractivity contribution is 0.300. The molecule has 0 radical (unpaired) electrons. The maximum absolute atomic E-state index is 5.86. The highest BCUT2D eigenvalue weighted by molar-refractivity contribution is 5.39. The van der Waals surface area contributed by atoms with Gasteiger partial charge in [-0.25, -0.2) is 0 Å². The van der Waals surface area contributed by atoms with Gasteiger partial charge in [-0.2, -0.15) is 0 Å². The SMILES string of the molecule is CC1CCc2cc(OCc3ccccn3)ccc2C1C. The highest BCUT2D eigenvalue weighted by Crippen LogP contribution is 2.37. The number of benzene rings is 1. The zero-order valence-electron chi connectivity index (χ0n) is 12.2. The first kappa shape index (κ1) is 13.2. The number of aryl methyl sites for hydroxylation is 1. The highest BCUT2D eigenvalue weighted by atomic mass is 16.5. The van der Waals surface area contributed by atoms with Crippen molar-refractivity contribution in [3.63, 3.8) is 0 Å². The molecule has 1 aliphatic carbocycles. The molecule has 0 bridgehead atoms. The molecule has 1 aromatic carbocycles. The zero-order valence-corrected chi connectivity index (χ0v) is 12.2. The number of aromatic nitrogens is 1. The van der Waals surface area contributed by atoms with Crippen molar-refractivity contribution < 1.29 is 4.74 Å². The Morgan fingerprint density at radius 3 is 2.90 bits per heavy atom. The minimum Gasteiger partial charge on any atom is -0.487 e. The molecule has 1 heterocycles. The molecule has 0 aliphatic heterocycles. The third-order valence-corrected chi connectivity index (χ3v) is 4.44. The fourth-order valence-corrected chi connectivity index (χ4v) is 2.91. The maximum atomic E-state index is 5.86. The van der Waals surface area contributed by atoms with Crippen LogP contribution in [-0.4, -0.2) is 4.98 Å². The summed E-state index contributed by atoms with van der Waals surface area (Å²) in [4.78, 5) is 4.28. The van der Waals surface area contributed by atoms with Crippen LogP contribution in [0.5, 0.6) is 5.75 Å². The largest absolute Gasteiger partial charge is 0.487 e. The van der Waals surface area contributed by atoms with Crippen LogP contribution >= 0.6 is 0 Å². The molecule has 2 heteroatoms. The van der Waals surface area contributed by atoms with E-state index in [0.717, 1.165) is 17.4 Å². The Bertz CT molecular complexity index is 579. The molecule has 0 fully saturated rings. The van der Waals surface area contributed by atoms with E-state index in [4.69, 9.17) is 4.74 Å². The van der Waals surface area contributed by atoms with Crippen LogP contribution in [0.15, 0.2) is 42.6 Å². The third-order valence-electron chi connectivity index (χ3n) is 4.44. The van der Waals surface area contributed by atoms with Gasteiger partial charge < -0.3 is 4.74 Å². The van der Waals surface area contributed by atoms with Gasteiger partial charge in [-0.3, -0.25) is 4.98 Å². The molecule has 1 aliphatic rings. The van der Waals surface area contributed by atoms with Gasteiger partial charge in [0, 0.05) is 6.20 Å². The molecule has 0 N–H and O–H groups in total. The van der Waals surface area contributed by atoms with Crippen molar-refractivity contribution in [1.29, 1.82) is 0 Å². The molecule has 0 saturated heterocycles. The number of hydrogen-bond donors (Lipinski definition) is 0. The summed E-state index contributed by atoms with van der Waals surface area (Å²) >= 11 is 0. The summed E-state index contributed by atoms with van der Waals surface area (Å²) in [5.74, 6) is 2.39. The molecule has 2 aromatic rings. The van der Waals surface area contributed by atoms with Crippen molar-refractivity contribution >= 4 is 0 Å². The molecule has 3 rings (SSSR count). The number of hydrogen-bond acceptors (Lipinski definition) is 2. The second-order valence-electron chi connectivity index (χ2n) is 5.78. The van der Waals surface area contributed by atoms with Crippen LogP contribution < -0.4 is 4.74 Å². The average molecular weight is 267 g/mol. The van der Waals surface area contributed by atoms with Gasteiger partial charge in [-0.15, -0.1) is 0 Å². The maximum Gasteiger partial charge on any atom is 0.130 e. The van der Waals surface area contributed by atoms with Gasteiger partial charge in [-0.05, 0) is 60.1 Å².